The normalized spacial score (nSPS) is 16.3. The Labute approximate surface area is 170 Å². The standard InChI is InChI=1S/C19H17N3O6S/c1-3-28-18(24)12(2)21-17(23)16(29-19(21)25)11-15-5-4-10-20(15)13-6-8-14(9-7-13)22(26)27/h4-12H,3H2,1-2H3/b16-11+/t12-/m1/s1. The van der Waals surface area contributed by atoms with Crippen LogP contribution < -0.4 is 0 Å². The topological polar surface area (TPSA) is 112 Å². The molecule has 1 atom stereocenters. The lowest BCUT2D eigenvalue weighted by atomic mass is 10.2. The SMILES string of the molecule is CCOC(=O)[C@@H](C)N1C(=O)S/C(=C/c2cccn2-c2ccc([N+](=O)[O-])cc2)C1=O. The molecule has 0 aliphatic carbocycles. The molecule has 3 rings (SSSR count). The molecule has 2 amide bonds. The number of non-ortho nitro benzene ring substituents is 1. The summed E-state index contributed by atoms with van der Waals surface area (Å²) in [6.07, 6.45) is 3.28. The number of carbonyl (C=O) groups is 3. The van der Waals surface area contributed by atoms with Crippen LogP contribution in [0.2, 0.25) is 0 Å². The van der Waals surface area contributed by atoms with Gasteiger partial charge in [-0.05, 0) is 56.0 Å². The van der Waals surface area contributed by atoms with Gasteiger partial charge in [0.2, 0.25) is 0 Å². The Kier molecular flexibility index (Phi) is 5.83. The largest absolute Gasteiger partial charge is 0.464 e. The first-order valence-corrected chi connectivity index (χ1v) is 9.51. The second-order valence-electron chi connectivity index (χ2n) is 6.06. The van der Waals surface area contributed by atoms with Gasteiger partial charge in [-0.3, -0.25) is 24.6 Å². The van der Waals surface area contributed by atoms with Crippen LogP contribution in [0.5, 0.6) is 0 Å². The van der Waals surface area contributed by atoms with E-state index in [0.29, 0.717) is 11.4 Å². The molecule has 1 aromatic heterocycles. The van der Waals surface area contributed by atoms with Gasteiger partial charge in [0.05, 0.1) is 16.4 Å². The van der Waals surface area contributed by atoms with Crippen LogP contribution in [-0.2, 0) is 14.3 Å². The van der Waals surface area contributed by atoms with E-state index in [1.807, 2.05) is 0 Å². The van der Waals surface area contributed by atoms with Gasteiger partial charge < -0.3 is 9.30 Å². The highest BCUT2D eigenvalue weighted by atomic mass is 32.2. The maximum atomic E-state index is 12.7. The van der Waals surface area contributed by atoms with Crippen molar-refractivity contribution in [3.05, 3.63) is 63.3 Å². The molecule has 29 heavy (non-hydrogen) atoms. The minimum Gasteiger partial charge on any atom is -0.464 e. The van der Waals surface area contributed by atoms with Crippen molar-refractivity contribution in [2.24, 2.45) is 0 Å². The summed E-state index contributed by atoms with van der Waals surface area (Å²) < 4.78 is 6.62. The molecular weight excluding hydrogens is 398 g/mol. The van der Waals surface area contributed by atoms with Crippen molar-refractivity contribution >= 4 is 40.6 Å². The third-order valence-corrected chi connectivity index (χ3v) is 5.12. The van der Waals surface area contributed by atoms with E-state index in [0.717, 1.165) is 16.7 Å². The van der Waals surface area contributed by atoms with Gasteiger partial charge in [0, 0.05) is 29.7 Å². The molecule has 1 fully saturated rings. The maximum Gasteiger partial charge on any atom is 0.329 e. The van der Waals surface area contributed by atoms with Crippen molar-refractivity contribution in [1.82, 2.24) is 9.47 Å². The Balaban J connectivity index is 1.87. The highest BCUT2D eigenvalue weighted by molar-refractivity contribution is 8.18. The molecule has 0 N–H and O–H groups in total. The van der Waals surface area contributed by atoms with E-state index in [2.05, 4.69) is 0 Å². The molecule has 0 radical (unpaired) electrons. The number of nitro groups is 1. The zero-order chi connectivity index (χ0) is 21.1. The van der Waals surface area contributed by atoms with Gasteiger partial charge in [-0.15, -0.1) is 0 Å². The molecular formula is C19H17N3O6S. The lowest BCUT2D eigenvalue weighted by Gasteiger charge is -2.19. The zero-order valence-corrected chi connectivity index (χ0v) is 16.4. The van der Waals surface area contributed by atoms with E-state index in [-0.39, 0.29) is 17.2 Å². The second kappa shape index (κ2) is 8.31. The highest BCUT2D eigenvalue weighted by Crippen LogP contribution is 2.34. The summed E-state index contributed by atoms with van der Waals surface area (Å²) >= 11 is 0.742. The van der Waals surface area contributed by atoms with E-state index in [4.69, 9.17) is 4.74 Å². The molecule has 0 spiro atoms. The van der Waals surface area contributed by atoms with Crippen molar-refractivity contribution in [2.45, 2.75) is 19.9 Å². The molecule has 150 valence electrons. The summed E-state index contributed by atoms with van der Waals surface area (Å²) in [5.74, 6) is -1.22. The van der Waals surface area contributed by atoms with Gasteiger partial charge in [0.1, 0.15) is 6.04 Å². The minimum atomic E-state index is -1.02. The molecule has 0 unspecified atom stereocenters. The summed E-state index contributed by atoms with van der Waals surface area (Å²) in [4.78, 5) is 48.3. The van der Waals surface area contributed by atoms with Gasteiger partial charge in [0.15, 0.2) is 0 Å². The summed E-state index contributed by atoms with van der Waals surface area (Å²) in [7, 11) is 0. The first kappa shape index (κ1) is 20.3. The predicted octanol–water partition coefficient (Wildman–Crippen LogP) is 3.37. The van der Waals surface area contributed by atoms with Crippen LogP contribution >= 0.6 is 11.8 Å². The Morgan fingerprint density at radius 1 is 1.28 bits per heavy atom. The molecule has 10 heteroatoms. The van der Waals surface area contributed by atoms with Crippen LogP contribution in [0.4, 0.5) is 10.5 Å². The number of rotatable bonds is 6. The lowest BCUT2D eigenvalue weighted by molar-refractivity contribution is -0.384. The molecule has 0 bridgehead atoms. The lowest BCUT2D eigenvalue weighted by Crippen LogP contribution is -2.42. The van der Waals surface area contributed by atoms with Gasteiger partial charge in [-0.1, -0.05) is 0 Å². The average Bonchev–Trinajstić information content (AvgIpc) is 3.26. The third-order valence-electron chi connectivity index (χ3n) is 4.24. The minimum absolute atomic E-state index is 0.0310. The van der Waals surface area contributed by atoms with E-state index in [9.17, 15) is 24.5 Å². The molecule has 1 aromatic carbocycles. The third kappa shape index (κ3) is 4.06. The van der Waals surface area contributed by atoms with E-state index in [1.54, 1.807) is 48.0 Å². The number of imide groups is 1. The molecule has 1 aliphatic heterocycles. The predicted molar refractivity (Wildman–Crippen MR) is 106 cm³/mol. The van der Waals surface area contributed by atoms with Crippen molar-refractivity contribution in [3.8, 4) is 5.69 Å². The first-order chi connectivity index (χ1) is 13.8. The van der Waals surface area contributed by atoms with Gasteiger partial charge in [0.25, 0.3) is 16.8 Å². The second-order valence-corrected chi connectivity index (χ2v) is 7.05. The summed E-state index contributed by atoms with van der Waals surface area (Å²) in [5.41, 5.74) is 1.23. The number of amides is 2. The maximum absolute atomic E-state index is 12.7. The van der Waals surface area contributed by atoms with Crippen LogP contribution in [-0.4, -0.2) is 44.2 Å². The highest BCUT2D eigenvalue weighted by Gasteiger charge is 2.41. The van der Waals surface area contributed by atoms with Crippen LogP contribution in [0.1, 0.15) is 19.5 Å². The van der Waals surface area contributed by atoms with E-state index < -0.39 is 28.1 Å². The Bertz CT molecular complexity index is 1010. The van der Waals surface area contributed by atoms with E-state index in [1.165, 1.54) is 19.1 Å². The van der Waals surface area contributed by atoms with E-state index >= 15 is 0 Å². The fourth-order valence-corrected chi connectivity index (χ4v) is 3.69. The zero-order valence-electron chi connectivity index (χ0n) is 15.6. The summed E-state index contributed by atoms with van der Waals surface area (Å²) in [5, 5.41) is 10.3. The smallest absolute Gasteiger partial charge is 0.329 e. The van der Waals surface area contributed by atoms with Gasteiger partial charge in [-0.25, -0.2) is 4.79 Å². The van der Waals surface area contributed by atoms with Gasteiger partial charge >= 0.3 is 5.97 Å². The van der Waals surface area contributed by atoms with Crippen LogP contribution in [0.3, 0.4) is 0 Å². The number of carbonyl (C=O) groups excluding carboxylic acids is 3. The average molecular weight is 415 g/mol. The summed E-state index contributed by atoms with van der Waals surface area (Å²) in [6, 6.07) is 8.41. The molecule has 9 nitrogen and oxygen atoms in total. The molecule has 1 aliphatic rings. The fraction of sp³-hybridized carbons (Fsp3) is 0.211. The molecule has 2 heterocycles. The van der Waals surface area contributed by atoms with Gasteiger partial charge in [-0.2, -0.15) is 0 Å². The summed E-state index contributed by atoms with van der Waals surface area (Å²) in [6.45, 7) is 3.24. The van der Waals surface area contributed by atoms with Crippen molar-refractivity contribution < 1.29 is 24.0 Å². The number of nitro benzene ring substituents is 1. The monoisotopic (exact) mass is 415 g/mol. The first-order valence-electron chi connectivity index (χ1n) is 8.69. The Hall–Kier alpha value is -3.40. The quantitative estimate of drug-likeness (QED) is 0.308. The number of nitrogens with zero attached hydrogens (tertiary/aromatic N) is 3. The van der Waals surface area contributed by atoms with Crippen molar-refractivity contribution in [1.29, 1.82) is 0 Å². The Morgan fingerprint density at radius 2 is 1.97 bits per heavy atom. The van der Waals surface area contributed by atoms with Crippen LogP contribution in [0, 0.1) is 10.1 Å². The number of esters is 1. The number of hydrogen-bond acceptors (Lipinski definition) is 7. The van der Waals surface area contributed by atoms with Crippen LogP contribution in [0.15, 0.2) is 47.5 Å². The number of aromatic nitrogens is 1. The molecule has 0 saturated carbocycles. The number of ether oxygens (including phenoxy) is 1. The molecule has 2 aromatic rings. The van der Waals surface area contributed by atoms with Crippen molar-refractivity contribution in [2.75, 3.05) is 6.61 Å². The number of benzene rings is 1. The number of thioether (sulfide) groups is 1. The molecule has 1 saturated heterocycles. The fourth-order valence-electron chi connectivity index (χ4n) is 2.80. The number of hydrogen-bond donors (Lipinski definition) is 0. The van der Waals surface area contributed by atoms with Crippen molar-refractivity contribution in [3.63, 3.8) is 0 Å². The van der Waals surface area contributed by atoms with Crippen LogP contribution in [0.25, 0.3) is 11.8 Å². The Morgan fingerprint density at radius 3 is 2.59 bits per heavy atom.